The molecule has 3 rings (SSSR count). The minimum absolute atomic E-state index is 0.383. The maximum Gasteiger partial charge on any atom is 0.0847 e. The summed E-state index contributed by atoms with van der Waals surface area (Å²) in [7, 11) is 0. The fourth-order valence-electron chi connectivity index (χ4n) is 4.27. The van der Waals surface area contributed by atoms with Gasteiger partial charge in [0.15, 0.2) is 0 Å². The van der Waals surface area contributed by atoms with E-state index in [0.29, 0.717) is 15.5 Å². The van der Waals surface area contributed by atoms with Gasteiger partial charge in [0.05, 0.1) is 11.5 Å². The van der Waals surface area contributed by atoms with Crippen LogP contribution in [-0.4, -0.2) is 0 Å². The topological polar surface area (TPSA) is 23.8 Å². The van der Waals surface area contributed by atoms with E-state index in [4.69, 9.17) is 23.2 Å². The van der Waals surface area contributed by atoms with E-state index in [1.54, 1.807) is 6.07 Å². The van der Waals surface area contributed by atoms with E-state index in [1.165, 1.54) is 38.5 Å². The maximum absolute atomic E-state index is 9.73. The van der Waals surface area contributed by atoms with Crippen molar-refractivity contribution in [2.45, 2.75) is 56.8 Å². The molecular weight excluding hydrogens is 289 g/mol. The van der Waals surface area contributed by atoms with Crippen molar-refractivity contribution in [2.75, 3.05) is 0 Å². The molecule has 1 nitrogen and oxygen atoms in total. The molecule has 3 heteroatoms. The summed E-state index contributed by atoms with van der Waals surface area (Å²) in [6.45, 7) is 0. The summed E-state index contributed by atoms with van der Waals surface area (Å²) in [4.78, 5) is 0. The lowest BCUT2D eigenvalue weighted by Gasteiger charge is -2.53. The largest absolute Gasteiger partial charge is 0.197 e. The van der Waals surface area contributed by atoms with Crippen LogP contribution in [0.3, 0.4) is 0 Å². The molecule has 2 aliphatic carbocycles. The van der Waals surface area contributed by atoms with Crippen LogP contribution >= 0.6 is 23.2 Å². The number of hydrogen-bond acceptors (Lipinski definition) is 1. The molecular formula is C17H19Cl2N. The molecule has 0 amide bonds. The normalized spacial score (nSPS) is 23.6. The van der Waals surface area contributed by atoms with Crippen LogP contribution in [0.5, 0.6) is 0 Å². The van der Waals surface area contributed by atoms with Crippen LogP contribution in [-0.2, 0) is 5.41 Å². The Balaban J connectivity index is 1.87. The molecule has 1 spiro atoms. The second-order valence-electron chi connectivity index (χ2n) is 6.59. The van der Waals surface area contributed by atoms with Gasteiger partial charge in [-0.3, -0.25) is 0 Å². The minimum atomic E-state index is -0.383. The van der Waals surface area contributed by atoms with Gasteiger partial charge in [-0.2, -0.15) is 5.26 Å². The molecule has 0 radical (unpaired) electrons. The fraction of sp³-hybridized carbons (Fsp3) is 0.588. The second-order valence-corrected chi connectivity index (χ2v) is 7.43. The van der Waals surface area contributed by atoms with Gasteiger partial charge in [-0.1, -0.05) is 55.0 Å². The Hall–Kier alpha value is -0.710. The monoisotopic (exact) mass is 307 g/mol. The number of hydrogen-bond donors (Lipinski definition) is 0. The van der Waals surface area contributed by atoms with E-state index in [9.17, 15) is 5.26 Å². The third-order valence-corrected chi connectivity index (χ3v) is 5.73. The Morgan fingerprint density at radius 1 is 1.00 bits per heavy atom. The molecule has 0 aliphatic heterocycles. The SMILES string of the molecule is N#CC1(c2ccc(Cl)cc2Cl)CC2(CCCCCC2)C1. The van der Waals surface area contributed by atoms with Crippen molar-refractivity contribution in [1.82, 2.24) is 0 Å². The van der Waals surface area contributed by atoms with E-state index in [1.807, 2.05) is 12.1 Å². The predicted octanol–water partition coefficient (Wildman–Crippen LogP) is 5.89. The quantitative estimate of drug-likeness (QED) is 0.634. The van der Waals surface area contributed by atoms with E-state index in [0.717, 1.165) is 18.4 Å². The number of nitrogens with zero attached hydrogens (tertiary/aromatic N) is 1. The Kier molecular flexibility index (Phi) is 3.73. The lowest BCUT2D eigenvalue weighted by molar-refractivity contribution is 0.0399. The highest BCUT2D eigenvalue weighted by Gasteiger charge is 2.55. The van der Waals surface area contributed by atoms with Gasteiger partial charge in [-0.05, 0) is 48.8 Å². The first-order valence-corrected chi connectivity index (χ1v) is 8.22. The van der Waals surface area contributed by atoms with Crippen molar-refractivity contribution in [3.05, 3.63) is 33.8 Å². The van der Waals surface area contributed by atoms with E-state index < -0.39 is 0 Å². The van der Waals surface area contributed by atoms with Crippen LogP contribution in [0.4, 0.5) is 0 Å². The highest BCUT2D eigenvalue weighted by molar-refractivity contribution is 6.35. The standard InChI is InChI=1S/C17H19Cl2N/c18-13-5-6-14(15(19)9-13)17(12-20)10-16(11-17)7-3-1-2-4-8-16/h5-6,9H,1-4,7-8,10-11H2. The van der Waals surface area contributed by atoms with Crippen LogP contribution in [0.15, 0.2) is 18.2 Å². The third kappa shape index (κ3) is 2.34. The van der Waals surface area contributed by atoms with Gasteiger partial charge in [0.25, 0.3) is 0 Å². The third-order valence-electron chi connectivity index (χ3n) is 5.18. The Morgan fingerprint density at radius 3 is 2.20 bits per heavy atom. The summed E-state index contributed by atoms with van der Waals surface area (Å²) in [5.74, 6) is 0. The average Bonchev–Trinajstić information content (AvgIpc) is 2.62. The highest BCUT2D eigenvalue weighted by Crippen LogP contribution is 2.61. The minimum Gasteiger partial charge on any atom is -0.197 e. The van der Waals surface area contributed by atoms with E-state index >= 15 is 0 Å². The van der Waals surface area contributed by atoms with E-state index in [-0.39, 0.29) is 5.41 Å². The van der Waals surface area contributed by atoms with Crippen molar-refractivity contribution < 1.29 is 0 Å². The van der Waals surface area contributed by atoms with Gasteiger partial charge >= 0.3 is 0 Å². The Morgan fingerprint density at radius 2 is 1.65 bits per heavy atom. The molecule has 2 saturated carbocycles. The molecule has 20 heavy (non-hydrogen) atoms. The van der Waals surface area contributed by atoms with Crippen LogP contribution in [0, 0.1) is 16.7 Å². The van der Waals surface area contributed by atoms with Crippen molar-refractivity contribution in [2.24, 2.45) is 5.41 Å². The van der Waals surface area contributed by atoms with Crippen LogP contribution in [0.25, 0.3) is 0 Å². The molecule has 0 unspecified atom stereocenters. The lowest BCUT2D eigenvalue weighted by Crippen LogP contribution is -2.48. The molecule has 0 atom stereocenters. The molecule has 2 aliphatic rings. The van der Waals surface area contributed by atoms with Crippen LogP contribution < -0.4 is 0 Å². The summed E-state index contributed by atoms with van der Waals surface area (Å²) in [6, 6.07) is 8.10. The molecule has 1 aromatic rings. The second kappa shape index (κ2) is 5.24. The molecule has 1 aromatic carbocycles. The average molecular weight is 308 g/mol. The fourth-order valence-corrected chi connectivity index (χ4v) is 4.86. The van der Waals surface area contributed by atoms with Crippen molar-refractivity contribution in [3.63, 3.8) is 0 Å². The predicted molar refractivity (Wildman–Crippen MR) is 83.1 cm³/mol. The Bertz CT molecular complexity index is 543. The molecule has 2 fully saturated rings. The van der Waals surface area contributed by atoms with Crippen LogP contribution in [0.2, 0.25) is 10.0 Å². The summed E-state index contributed by atoms with van der Waals surface area (Å²) in [6.07, 6.45) is 9.83. The zero-order valence-electron chi connectivity index (χ0n) is 11.6. The van der Waals surface area contributed by atoms with Gasteiger partial charge in [0.1, 0.15) is 0 Å². The molecule has 0 N–H and O–H groups in total. The van der Waals surface area contributed by atoms with Gasteiger partial charge < -0.3 is 0 Å². The van der Waals surface area contributed by atoms with Gasteiger partial charge in [-0.15, -0.1) is 0 Å². The summed E-state index contributed by atoms with van der Waals surface area (Å²) in [5, 5.41) is 11.0. The first-order chi connectivity index (χ1) is 9.59. The molecule has 0 bridgehead atoms. The summed E-state index contributed by atoms with van der Waals surface area (Å²) in [5.41, 5.74) is 0.988. The van der Waals surface area contributed by atoms with Crippen molar-refractivity contribution in [1.29, 1.82) is 5.26 Å². The number of nitriles is 1. The van der Waals surface area contributed by atoms with Gasteiger partial charge in [0.2, 0.25) is 0 Å². The molecule has 0 heterocycles. The van der Waals surface area contributed by atoms with E-state index in [2.05, 4.69) is 6.07 Å². The number of halogens is 2. The zero-order valence-corrected chi connectivity index (χ0v) is 13.1. The van der Waals surface area contributed by atoms with Gasteiger partial charge in [-0.25, -0.2) is 0 Å². The van der Waals surface area contributed by atoms with Crippen molar-refractivity contribution >= 4 is 23.2 Å². The summed E-state index contributed by atoms with van der Waals surface area (Å²) >= 11 is 12.3. The smallest absolute Gasteiger partial charge is 0.0847 e. The Labute approximate surface area is 130 Å². The van der Waals surface area contributed by atoms with Crippen molar-refractivity contribution in [3.8, 4) is 6.07 Å². The zero-order chi connectivity index (χ0) is 14.2. The van der Waals surface area contributed by atoms with Gasteiger partial charge in [0, 0.05) is 10.0 Å². The molecule has 0 saturated heterocycles. The highest BCUT2D eigenvalue weighted by atomic mass is 35.5. The lowest BCUT2D eigenvalue weighted by atomic mass is 9.48. The maximum atomic E-state index is 9.73. The molecule has 106 valence electrons. The number of benzene rings is 1. The number of rotatable bonds is 1. The van der Waals surface area contributed by atoms with Crippen LogP contribution in [0.1, 0.15) is 56.9 Å². The first-order valence-electron chi connectivity index (χ1n) is 7.46. The first kappa shape index (κ1) is 14.2. The molecule has 0 aromatic heterocycles. The summed E-state index contributed by atoms with van der Waals surface area (Å²) < 4.78 is 0.